The normalized spacial score (nSPS) is 17.2. The van der Waals surface area contributed by atoms with Gasteiger partial charge in [-0.15, -0.1) is 0 Å². The topological polar surface area (TPSA) is 76.2 Å². The highest BCUT2D eigenvalue weighted by Crippen LogP contribution is 2.39. The van der Waals surface area contributed by atoms with Gasteiger partial charge in [-0.05, 0) is 42.2 Å². The fraction of sp³-hybridized carbons (Fsp3) is 0.440. The summed E-state index contributed by atoms with van der Waals surface area (Å²) in [6.45, 7) is -0.617. The smallest absolute Gasteiger partial charge is 0.370 e. The van der Waals surface area contributed by atoms with Crippen molar-refractivity contribution in [1.29, 1.82) is 0 Å². The molecule has 206 valence electrons. The number of benzene rings is 2. The molecule has 1 aliphatic rings. The summed E-state index contributed by atoms with van der Waals surface area (Å²) in [4.78, 5) is 18.2. The number of amides is 1. The van der Waals surface area contributed by atoms with Crippen molar-refractivity contribution in [1.82, 2.24) is 14.9 Å². The molecule has 3 aromatic rings. The van der Waals surface area contributed by atoms with Gasteiger partial charge < -0.3 is 20.5 Å². The van der Waals surface area contributed by atoms with Gasteiger partial charge in [-0.2, -0.15) is 13.2 Å². The van der Waals surface area contributed by atoms with Gasteiger partial charge in [0.15, 0.2) is 0 Å². The van der Waals surface area contributed by atoms with E-state index < -0.39 is 30.7 Å². The van der Waals surface area contributed by atoms with Crippen LogP contribution in [0.3, 0.4) is 0 Å². The van der Waals surface area contributed by atoms with E-state index in [0.29, 0.717) is 61.7 Å². The van der Waals surface area contributed by atoms with E-state index in [4.69, 9.17) is 40.5 Å². The van der Waals surface area contributed by atoms with E-state index in [-0.39, 0.29) is 25.9 Å². The lowest BCUT2D eigenvalue weighted by Crippen LogP contribution is -2.41. The number of halogens is 7. The number of carbonyl (C=O) groups is 1. The molecule has 6 nitrogen and oxygen atoms in total. The van der Waals surface area contributed by atoms with Crippen LogP contribution in [0, 0.1) is 5.92 Å². The molecule has 0 saturated carbocycles. The Balaban J connectivity index is 1.61. The lowest BCUT2D eigenvalue weighted by atomic mass is 9.97. The number of nitrogens with two attached hydrogens (primary N) is 1. The zero-order valence-corrected chi connectivity index (χ0v) is 22.7. The Morgan fingerprint density at radius 1 is 1.24 bits per heavy atom. The minimum absolute atomic E-state index is 0.0335. The van der Waals surface area contributed by atoms with Crippen molar-refractivity contribution < 1.29 is 22.4 Å². The second-order valence-electron chi connectivity index (χ2n) is 9.36. The minimum Gasteiger partial charge on any atom is -0.370 e. The van der Waals surface area contributed by atoms with Crippen molar-refractivity contribution >= 4 is 57.4 Å². The van der Waals surface area contributed by atoms with E-state index >= 15 is 0 Å². The van der Waals surface area contributed by atoms with Gasteiger partial charge in [-0.1, -0.05) is 40.9 Å². The number of hydrogen-bond acceptors (Lipinski definition) is 4. The molecular formula is C25H26Cl3F4N5O. The average Bonchev–Trinajstić information content (AvgIpc) is 3.18. The van der Waals surface area contributed by atoms with E-state index in [1.165, 1.54) is 0 Å². The predicted octanol–water partition coefficient (Wildman–Crippen LogP) is 5.82. The highest BCUT2D eigenvalue weighted by atomic mass is 35.5. The van der Waals surface area contributed by atoms with Crippen LogP contribution >= 0.6 is 34.8 Å². The van der Waals surface area contributed by atoms with Crippen LogP contribution in [-0.2, 0) is 24.8 Å². The molecule has 4 rings (SSSR count). The average molecular weight is 595 g/mol. The third-order valence-electron chi connectivity index (χ3n) is 6.82. The van der Waals surface area contributed by atoms with Gasteiger partial charge in [0.05, 0.1) is 32.7 Å². The summed E-state index contributed by atoms with van der Waals surface area (Å²) in [7, 11) is 1.79. The van der Waals surface area contributed by atoms with Crippen LogP contribution in [0.15, 0.2) is 24.3 Å². The second kappa shape index (κ2) is 11.5. The fourth-order valence-electron chi connectivity index (χ4n) is 4.60. The molecule has 0 bridgehead atoms. The van der Waals surface area contributed by atoms with Crippen molar-refractivity contribution in [3.63, 3.8) is 0 Å². The molecule has 2 atom stereocenters. The number of carbonyl (C=O) groups excluding carboxylic acids is 1. The number of fused-ring (bicyclic) bond motifs is 1. The van der Waals surface area contributed by atoms with E-state index in [0.717, 1.165) is 0 Å². The van der Waals surface area contributed by atoms with Crippen molar-refractivity contribution in [3.8, 4) is 0 Å². The van der Waals surface area contributed by atoms with E-state index in [2.05, 4.69) is 10.3 Å². The molecule has 1 fully saturated rings. The summed E-state index contributed by atoms with van der Waals surface area (Å²) < 4.78 is 54.5. The van der Waals surface area contributed by atoms with Crippen LogP contribution in [0.1, 0.15) is 29.8 Å². The largest absolute Gasteiger partial charge is 0.393 e. The maximum atomic E-state index is 13.4. The molecule has 0 spiro atoms. The summed E-state index contributed by atoms with van der Waals surface area (Å²) in [5, 5.41) is 3.59. The number of piperidine rings is 1. The first kappa shape index (κ1) is 28.7. The maximum absolute atomic E-state index is 13.4. The Labute approximate surface area is 232 Å². The number of aromatic nitrogens is 2. The number of nitrogens with one attached hydrogen (secondary N) is 1. The highest BCUT2D eigenvalue weighted by Gasteiger charge is 2.42. The first-order valence-corrected chi connectivity index (χ1v) is 13.1. The Kier molecular flexibility index (Phi) is 8.66. The molecule has 38 heavy (non-hydrogen) atoms. The van der Waals surface area contributed by atoms with Gasteiger partial charge in [0, 0.05) is 38.1 Å². The number of aryl methyl sites for hydroxylation is 1. The second-order valence-corrected chi connectivity index (χ2v) is 10.6. The summed E-state index contributed by atoms with van der Waals surface area (Å²) in [6.07, 6.45) is -3.50. The van der Waals surface area contributed by atoms with Crippen LogP contribution in [0.5, 0.6) is 0 Å². The monoisotopic (exact) mass is 593 g/mol. The molecule has 1 saturated heterocycles. The molecule has 2 unspecified atom stereocenters. The van der Waals surface area contributed by atoms with E-state index in [1.807, 2.05) is 4.57 Å². The standard InChI is InChI=1S/C25H26Cl3F4N5O/c1-36-21-9-20(37-6-2-3-14(12-37)25(30,31)32)17(27)8-19(21)35-22(36)7-15-16(26)5-4-13(23(15)28)11-34-24(38)18(33)10-29/h4-5,8-9,14,18H,2-3,6-7,10-12,33H2,1H3,(H,34,38). The van der Waals surface area contributed by atoms with Crippen LogP contribution in [0.25, 0.3) is 11.0 Å². The number of rotatable bonds is 7. The van der Waals surface area contributed by atoms with Crippen LogP contribution in [-0.4, -0.2) is 47.4 Å². The van der Waals surface area contributed by atoms with Gasteiger partial charge >= 0.3 is 6.18 Å². The van der Waals surface area contributed by atoms with Crippen molar-refractivity contribution in [2.75, 3.05) is 24.7 Å². The summed E-state index contributed by atoms with van der Waals surface area (Å²) in [5.74, 6) is -1.44. The lowest BCUT2D eigenvalue weighted by molar-refractivity contribution is -0.176. The first-order chi connectivity index (χ1) is 17.9. The number of hydrogen-bond donors (Lipinski definition) is 2. The molecule has 2 aromatic carbocycles. The Morgan fingerprint density at radius 2 is 1.97 bits per heavy atom. The quantitative estimate of drug-likeness (QED) is 0.338. The highest BCUT2D eigenvalue weighted by molar-refractivity contribution is 6.36. The van der Waals surface area contributed by atoms with Crippen molar-refractivity contribution in [2.45, 2.75) is 38.0 Å². The van der Waals surface area contributed by atoms with E-state index in [1.54, 1.807) is 36.2 Å². The number of anilines is 1. The summed E-state index contributed by atoms with van der Waals surface area (Å²) in [5.41, 5.74) is 8.36. The molecule has 0 radical (unpaired) electrons. The minimum atomic E-state index is -4.26. The lowest BCUT2D eigenvalue weighted by Gasteiger charge is -2.35. The molecule has 3 N–H and O–H groups in total. The van der Waals surface area contributed by atoms with Gasteiger partial charge in [0.2, 0.25) is 5.91 Å². The maximum Gasteiger partial charge on any atom is 0.393 e. The van der Waals surface area contributed by atoms with Crippen molar-refractivity contribution in [3.05, 3.63) is 56.3 Å². The van der Waals surface area contributed by atoms with E-state index in [9.17, 15) is 22.4 Å². The van der Waals surface area contributed by atoms with Gasteiger partial charge in [0.1, 0.15) is 18.5 Å². The SMILES string of the molecule is Cn1c(Cc2c(Cl)ccc(CNC(=O)C(N)CF)c2Cl)nc2cc(Cl)c(N3CCCC(C(F)(F)F)C3)cc21. The zero-order chi connectivity index (χ0) is 27.8. The molecule has 1 aliphatic heterocycles. The molecule has 2 heterocycles. The zero-order valence-electron chi connectivity index (χ0n) is 20.4. The van der Waals surface area contributed by atoms with Crippen LogP contribution in [0.2, 0.25) is 15.1 Å². The number of imidazole rings is 1. The Hall–Kier alpha value is -2.27. The Bertz CT molecular complexity index is 1350. The summed E-state index contributed by atoms with van der Waals surface area (Å²) >= 11 is 19.6. The molecule has 13 heteroatoms. The Morgan fingerprint density at radius 3 is 2.66 bits per heavy atom. The fourth-order valence-corrected chi connectivity index (χ4v) is 5.45. The molecule has 1 amide bonds. The molecule has 0 aliphatic carbocycles. The van der Waals surface area contributed by atoms with Crippen molar-refractivity contribution in [2.24, 2.45) is 18.7 Å². The summed E-state index contributed by atoms with van der Waals surface area (Å²) in [6, 6.07) is 5.45. The van der Waals surface area contributed by atoms with Crippen LogP contribution < -0.4 is 16.0 Å². The number of alkyl halides is 4. The molecule has 1 aromatic heterocycles. The van der Waals surface area contributed by atoms with Crippen LogP contribution in [0.4, 0.5) is 23.2 Å². The predicted molar refractivity (Wildman–Crippen MR) is 142 cm³/mol. The van der Waals surface area contributed by atoms with Gasteiger partial charge in [0.25, 0.3) is 0 Å². The molecular weight excluding hydrogens is 569 g/mol. The van der Waals surface area contributed by atoms with Gasteiger partial charge in [-0.3, -0.25) is 4.79 Å². The number of nitrogens with zero attached hydrogens (tertiary/aromatic N) is 3. The first-order valence-electron chi connectivity index (χ1n) is 11.9. The third kappa shape index (κ3) is 5.98. The van der Waals surface area contributed by atoms with Gasteiger partial charge in [-0.25, -0.2) is 9.37 Å². The third-order valence-corrected chi connectivity index (χ3v) is 7.95.